The second-order valence-electron chi connectivity index (χ2n) is 3.15. The molecule has 0 bridgehead atoms. The maximum atomic E-state index is 13.6. The molecule has 0 unspecified atom stereocenters. The van der Waals surface area contributed by atoms with Gasteiger partial charge in [0.15, 0.2) is 0 Å². The van der Waals surface area contributed by atoms with Crippen LogP contribution in [0.3, 0.4) is 0 Å². The lowest BCUT2D eigenvalue weighted by molar-refractivity contribution is -0.173. The molecule has 0 N–H and O–H groups in total. The van der Waals surface area contributed by atoms with Crippen LogP contribution in [0.2, 0.25) is 5.02 Å². The first-order valence-electron chi connectivity index (χ1n) is 4.73. The minimum Gasteiger partial charge on any atom is -0.461 e. The number of benzene rings is 1. The largest absolute Gasteiger partial charge is 0.461 e. The number of carbonyl (C=O) groups is 2. The van der Waals surface area contributed by atoms with Crippen LogP contribution in [0.4, 0.5) is 8.78 Å². The van der Waals surface area contributed by atoms with E-state index in [1.165, 1.54) is 6.92 Å². The molecular weight excluding hydrogens is 254 g/mol. The van der Waals surface area contributed by atoms with Gasteiger partial charge in [0.05, 0.1) is 17.2 Å². The van der Waals surface area contributed by atoms with Gasteiger partial charge in [-0.05, 0) is 13.0 Å². The zero-order valence-corrected chi connectivity index (χ0v) is 9.63. The van der Waals surface area contributed by atoms with Crippen molar-refractivity contribution >= 4 is 23.9 Å². The molecule has 0 aliphatic carbocycles. The second-order valence-corrected chi connectivity index (χ2v) is 3.56. The minimum atomic E-state index is -3.82. The van der Waals surface area contributed by atoms with Gasteiger partial charge >= 0.3 is 11.9 Å². The number of ether oxygens (including phenoxy) is 1. The lowest BCUT2D eigenvalue weighted by Crippen LogP contribution is -2.28. The summed E-state index contributed by atoms with van der Waals surface area (Å²) in [5.74, 6) is -5.49. The van der Waals surface area contributed by atoms with Crippen LogP contribution < -0.4 is 0 Å². The van der Waals surface area contributed by atoms with E-state index in [4.69, 9.17) is 11.6 Å². The molecule has 1 aromatic rings. The van der Waals surface area contributed by atoms with Crippen LogP contribution in [0, 0.1) is 0 Å². The Balaban J connectivity index is 3.14. The summed E-state index contributed by atoms with van der Waals surface area (Å²) in [6, 6.07) is 3.15. The lowest BCUT2D eigenvalue weighted by Gasteiger charge is -2.16. The fraction of sp³-hybridized carbons (Fsp3) is 0.273. The third kappa shape index (κ3) is 2.79. The molecule has 17 heavy (non-hydrogen) atoms. The molecule has 0 fully saturated rings. The standard InChI is InChI=1S/C11H9ClF2O3/c1-2-17-10(16)11(13,14)8-4-3-7(6-15)5-9(8)12/h3-6H,2H2,1H3. The zero-order valence-electron chi connectivity index (χ0n) is 8.88. The molecule has 0 amide bonds. The van der Waals surface area contributed by atoms with Crippen LogP contribution in [0.5, 0.6) is 0 Å². The predicted molar refractivity (Wildman–Crippen MR) is 57.4 cm³/mol. The maximum absolute atomic E-state index is 13.6. The van der Waals surface area contributed by atoms with Crippen molar-refractivity contribution in [2.45, 2.75) is 12.8 Å². The van der Waals surface area contributed by atoms with E-state index in [0.29, 0.717) is 6.29 Å². The smallest absolute Gasteiger partial charge is 0.382 e. The van der Waals surface area contributed by atoms with Crippen LogP contribution in [0.15, 0.2) is 18.2 Å². The molecule has 0 aromatic heterocycles. The van der Waals surface area contributed by atoms with Crippen molar-refractivity contribution < 1.29 is 23.1 Å². The van der Waals surface area contributed by atoms with Gasteiger partial charge in [0.2, 0.25) is 0 Å². The Bertz CT molecular complexity index is 446. The number of carbonyl (C=O) groups excluding carboxylic acids is 2. The minimum absolute atomic E-state index is 0.151. The highest BCUT2D eigenvalue weighted by Gasteiger charge is 2.44. The molecule has 3 nitrogen and oxygen atoms in total. The topological polar surface area (TPSA) is 43.4 Å². The fourth-order valence-electron chi connectivity index (χ4n) is 1.19. The average molecular weight is 263 g/mol. The van der Waals surface area contributed by atoms with Gasteiger partial charge in [-0.1, -0.05) is 23.7 Å². The summed E-state index contributed by atoms with van der Waals surface area (Å²) in [5, 5.41) is -0.354. The molecule has 0 heterocycles. The Morgan fingerprint density at radius 2 is 2.18 bits per heavy atom. The van der Waals surface area contributed by atoms with E-state index in [-0.39, 0.29) is 17.2 Å². The Morgan fingerprint density at radius 1 is 1.53 bits per heavy atom. The quantitative estimate of drug-likeness (QED) is 0.619. The van der Waals surface area contributed by atoms with Crippen LogP contribution in [-0.2, 0) is 15.5 Å². The van der Waals surface area contributed by atoms with Crippen molar-refractivity contribution in [2.24, 2.45) is 0 Å². The van der Waals surface area contributed by atoms with Gasteiger partial charge in [-0.25, -0.2) is 4.79 Å². The first kappa shape index (κ1) is 13.6. The molecule has 0 aliphatic heterocycles. The molecule has 0 atom stereocenters. The monoisotopic (exact) mass is 262 g/mol. The highest BCUT2D eigenvalue weighted by atomic mass is 35.5. The normalized spacial score (nSPS) is 11.1. The highest BCUT2D eigenvalue weighted by molar-refractivity contribution is 6.32. The van der Waals surface area contributed by atoms with E-state index >= 15 is 0 Å². The number of alkyl halides is 2. The average Bonchev–Trinajstić information content (AvgIpc) is 2.28. The Morgan fingerprint density at radius 3 is 2.65 bits per heavy atom. The van der Waals surface area contributed by atoms with Gasteiger partial charge in [-0.3, -0.25) is 4.79 Å². The SMILES string of the molecule is CCOC(=O)C(F)(F)c1ccc(C=O)cc1Cl. The molecule has 1 aromatic carbocycles. The van der Waals surface area contributed by atoms with Crippen molar-refractivity contribution in [1.29, 1.82) is 0 Å². The molecule has 92 valence electrons. The van der Waals surface area contributed by atoms with Crippen LogP contribution in [-0.4, -0.2) is 18.9 Å². The summed E-state index contributed by atoms with van der Waals surface area (Å²) in [5.41, 5.74) is -0.526. The summed E-state index contributed by atoms with van der Waals surface area (Å²) in [7, 11) is 0. The number of hydrogen-bond acceptors (Lipinski definition) is 3. The molecule has 0 saturated carbocycles. The van der Waals surface area contributed by atoms with E-state index in [1.807, 2.05) is 0 Å². The van der Waals surface area contributed by atoms with E-state index in [0.717, 1.165) is 18.2 Å². The number of esters is 1. The summed E-state index contributed by atoms with van der Waals surface area (Å²) in [4.78, 5) is 21.5. The molecule has 0 saturated heterocycles. The summed E-state index contributed by atoms with van der Waals surface area (Å²) >= 11 is 5.59. The van der Waals surface area contributed by atoms with Crippen LogP contribution in [0.25, 0.3) is 0 Å². The number of halogens is 3. The lowest BCUT2D eigenvalue weighted by atomic mass is 10.1. The van der Waals surface area contributed by atoms with Crippen molar-refractivity contribution in [3.63, 3.8) is 0 Å². The van der Waals surface area contributed by atoms with Gasteiger partial charge in [-0.2, -0.15) is 8.78 Å². The summed E-state index contributed by atoms with van der Waals surface area (Å²) in [6.07, 6.45) is 0.470. The van der Waals surface area contributed by atoms with Crippen LogP contribution in [0.1, 0.15) is 22.8 Å². The fourth-order valence-corrected chi connectivity index (χ4v) is 1.50. The third-order valence-corrected chi connectivity index (χ3v) is 2.31. The van der Waals surface area contributed by atoms with Gasteiger partial charge in [0.25, 0.3) is 0 Å². The van der Waals surface area contributed by atoms with E-state index < -0.39 is 17.5 Å². The predicted octanol–water partition coefficient (Wildman–Crippen LogP) is 2.81. The first-order chi connectivity index (χ1) is 7.93. The second kappa shape index (κ2) is 5.23. The Hall–Kier alpha value is -1.49. The summed E-state index contributed by atoms with van der Waals surface area (Å²) < 4.78 is 31.4. The van der Waals surface area contributed by atoms with E-state index in [2.05, 4.69) is 4.74 Å². The van der Waals surface area contributed by atoms with E-state index in [1.54, 1.807) is 0 Å². The molecule has 1 rings (SSSR count). The van der Waals surface area contributed by atoms with Gasteiger partial charge in [0, 0.05) is 5.56 Å². The van der Waals surface area contributed by atoms with Crippen molar-refractivity contribution in [3.8, 4) is 0 Å². The Kier molecular flexibility index (Phi) is 4.17. The molecule has 6 heteroatoms. The van der Waals surface area contributed by atoms with Gasteiger partial charge < -0.3 is 4.74 Å². The molecule has 0 spiro atoms. The van der Waals surface area contributed by atoms with Gasteiger partial charge in [-0.15, -0.1) is 0 Å². The van der Waals surface area contributed by atoms with E-state index in [9.17, 15) is 18.4 Å². The first-order valence-corrected chi connectivity index (χ1v) is 5.11. The number of aldehydes is 1. The molecule has 0 aliphatic rings. The Labute approximate surface area is 101 Å². The number of hydrogen-bond donors (Lipinski definition) is 0. The van der Waals surface area contributed by atoms with Crippen molar-refractivity contribution in [1.82, 2.24) is 0 Å². The highest BCUT2D eigenvalue weighted by Crippen LogP contribution is 2.34. The number of rotatable bonds is 4. The summed E-state index contributed by atoms with van der Waals surface area (Å²) in [6.45, 7) is 1.27. The third-order valence-electron chi connectivity index (χ3n) is 2.00. The maximum Gasteiger partial charge on any atom is 0.382 e. The molecule has 0 radical (unpaired) electrons. The van der Waals surface area contributed by atoms with Gasteiger partial charge in [0.1, 0.15) is 6.29 Å². The molecular formula is C11H9ClF2O3. The zero-order chi connectivity index (χ0) is 13.1. The van der Waals surface area contributed by atoms with Crippen molar-refractivity contribution in [3.05, 3.63) is 34.3 Å². The van der Waals surface area contributed by atoms with Crippen molar-refractivity contribution in [2.75, 3.05) is 6.61 Å². The van der Waals surface area contributed by atoms with Crippen LogP contribution >= 0.6 is 11.6 Å².